The Kier molecular flexibility index (Phi) is 7.47. The second-order valence-corrected chi connectivity index (χ2v) is 6.91. The number of anilines is 2. The third kappa shape index (κ3) is 5.34. The topological polar surface area (TPSA) is 61.8 Å². The summed E-state index contributed by atoms with van der Waals surface area (Å²) in [5.74, 6) is 1.28. The van der Waals surface area contributed by atoms with Crippen LogP contribution in [-0.4, -0.2) is 45.6 Å². The van der Waals surface area contributed by atoms with E-state index in [-0.39, 0.29) is 0 Å². The van der Waals surface area contributed by atoms with E-state index in [2.05, 4.69) is 26.2 Å². The number of hydrogen-bond acceptors (Lipinski definition) is 6. The van der Waals surface area contributed by atoms with Crippen LogP contribution in [0.5, 0.6) is 11.5 Å². The van der Waals surface area contributed by atoms with Gasteiger partial charge in [0.15, 0.2) is 11.5 Å². The Balaban J connectivity index is 1.95. The predicted molar refractivity (Wildman–Crippen MR) is 114 cm³/mol. The third-order valence-corrected chi connectivity index (χ3v) is 4.49. The normalized spacial score (nSPS) is 10.8. The van der Waals surface area contributed by atoms with Gasteiger partial charge in [0, 0.05) is 47.7 Å². The minimum absolute atomic E-state index is 0.428. The van der Waals surface area contributed by atoms with Crippen LogP contribution in [0.1, 0.15) is 0 Å². The largest absolute Gasteiger partial charge is 0.487 e. The molecule has 0 atom stereocenters. The molecule has 0 aliphatic carbocycles. The number of nitrogens with zero attached hydrogens (tertiary/aromatic N) is 1. The number of fused-ring (bicyclic) bond motifs is 1. The molecule has 0 saturated carbocycles. The molecule has 3 rings (SSSR count). The van der Waals surface area contributed by atoms with Crippen molar-refractivity contribution in [3.8, 4) is 11.5 Å². The Bertz CT molecular complexity index is 920. The second-order valence-electron chi connectivity index (χ2n) is 5.99. The molecule has 0 unspecified atom stereocenters. The van der Waals surface area contributed by atoms with E-state index in [1.807, 2.05) is 42.5 Å². The van der Waals surface area contributed by atoms with Gasteiger partial charge in [0.25, 0.3) is 0 Å². The molecular formula is C21H23BrN2O4. The molecule has 1 N–H and O–H groups in total. The molecule has 2 aromatic carbocycles. The summed E-state index contributed by atoms with van der Waals surface area (Å²) in [4.78, 5) is 4.49. The molecule has 0 radical (unpaired) electrons. The van der Waals surface area contributed by atoms with Crippen molar-refractivity contribution < 1.29 is 18.9 Å². The highest BCUT2D eigenvalue weighted by molar-refractivity contribution is 9.10. The number of ether oxygens (including phenoxy) is 4. The van der Waals surface area contributed by atoms with E-state index in [0.717, 1.165) is 26.8 Å². The van der Waals surface area contributed by atoms with E-state index in [1.165, 1.54) is 0 Å². The number of aromatic nitrogens is 1. The van der Waals surface area contributed by atoms with Crippen LogP contribution in [0.4, 0.5) is 11.4 Å². The lowest BCUT2D eigenvalue weighted by atomic mass is 10.1. The summed E-state index contributed by atoms with van der Waals surface area (Å²) < 4.78 is 22.9. The zero-order valence-corrected chi connectivity index (χ0v) is 17.5. The van der Waals surface area contributed by atoms with Gasteiger partial charge in [-0.1, -0.05) is 22.0 Å². The van der Waals surface area contributed by atoms with Gasteiger partial charge in [0.2, 0.25) is 0 Å². The van der Waals surface area contributed by atoms with E-state index >= 15 is 0 Å². The zero-order valence-electron chi connectivity index (χ0n) is 15.9. The van der Waals surface area contributed by atoms with Crippen molar-refractivity contribution in [2.45, 2.75) is 0 Å². The van der Waals surface area contributed by atoms with Crippen molar-refractivity contribution in [2.75, 3.05) is 46.0 Å². The van der Waals surface area contributed by atoms with Crippen molar-refractivity contribution in [1.82, 2.24) is 4.98 Å². The Morgan fingerprint density at radius 2 is 1.61 bits per heavy atom. The highest BCUT2D eigenvalue weighted by Gasteiger charge is 2.12. The second kappa shape index (κ2) is 10.3. The maximum atomic E-state index is 5.89. The molecule has 1 aromatic heterocycles. The van der Waals surface area contributed by atoms with E-state index in [0.29, 0.717) is 37.9 Å². The first-order valence-electron chi connectivity index (χ1n) is 8.90. The smallest absolute Gasteiger partial charge is 0.163 e. The van der Waals surface area contributed by atoms with Crippen LogP contribution in [0.3, 0.4) is 0 Å². The first kappa shape index (κ1) is 20.4. The van der Waals surface area contributed by atoms with Crippen molar-refractivity contribution in [3.05, 3.63) is 53.1 Å². The van der Waals surface area contributed by atoms with Gasteiger partial charge in [-0.2, -0.15) is 0 Å². The highest BCUT2D eigenvalue weighted by Crippen LogP contribution is 2.36. The maximum absolute atomic E-state index is 5.89. The summed E-state index contributed by atoms with van der Waals surface area (Å²) in [6.45, 7) is 1.84. The molecule has 148 valence electrons. The quantitative estimate of drug-likeness (QED) is 0.451. The van der Waals surface area contributed by atoms with Crippen molar-refractivity contribution in [3.63, 3.8) is 0 Å². The van der Waals surface area contributed by atoms with Gasteiger partial charge in [-0.3, -0.25) is 4.98 Å². The average molecular weight is 447 g/mol. The standard InChI is InChI=1S/C21H23BrN2O4/c1-25-8-10-27-20-13-17-18(24-16-5-3-4-15(22)12-16)6-7-23-19(17)14-21(20)28-11-9-26-2/h3-7,12-14H,8-11H2,1-2H3,(H,23,24). The third-order valence-electron chi connectivity index (χ3n) is 4.00. The van der Waals surface area contributed by atoms with Crippen molar-refractivity contribution in [1.29, 1.82) is 0 Å². The maximum Gasteiger partial charge on any atom is 0.163 e. The van der Waals surface area contributed by atoms with Crippen molar-refractivity contribution in [2.24, 2.45) is 0 Å². The average Bonchev–Trinajstić information content (AvgIpc) is 2.69. The van der Waals surface area contributed by atoms with Crippen LogP contribution >= 0.6 is 15.9 Å². The molecular weight excluding hydrogens is 424 g/mol. The fourth-order valence-electron chi connectivity index (χ4n) is 2.68. The molecule has 0 saturated heterocycles. The Morgan fingerprint density at radius 1 is 0.893 bits per heavy atom. The predicted octanol–water partition coefficient (Wildman–Crippen LogP) is 4.79. The molecule has 0 amide bonds. The fourth-order valence-corrected chi connectivity index (χ4v) is 3.08. The molecule has 0 bridgehead atoms. The zero-order chi connectivity index (χ0) is 19.8. The van der Waals surface area contributed by atoms with Gasteiger partial charge in [0.1, 0.15) is 13.2 Å². The Labute approximate surface area is 172 Å². The van der Waals surface area contributed by atoms with Gasteiger partial charge in [-0.15, -0.1) is 0 Å². The van der Waals surface area contributed by atoms with Crippen LogP contribution < -0.4 is 14.8 Å². The Hall–Kier alpha value is -2.35. The number of pyridine rings is 1. The number of nitrogens with one attached hydrogen (secondary N) is 1. The number of benzene rings is 2. The molecule has 3 aromatic rings. The molecule has 0 aliphatic heterocycles. The molecule has 7 heteroatoms. The summed E-state index contributed by atoms with van der Waals surface area (Å²) >= 11 is 3.50. The summed E-state index contributed by atoms with van der Waals surface area (Å²) in [7, 11) is 3.28. The van der Waals surface area contributed by atoms with Crippen LogP contribution in [0.15, 0.2) is 53.1 Å². The van der Waals surface area contributed by atoms with E-state index < -0.39 is 0 Å². The molecule has 6 nitrogen and oxygen atoms in total. The molecule has 28 heavy (non-hydrogen) atoms. The lowest BCUT2D eigenvalue weighted by Crippen LogP contribution is -2.08. The molecule has 0 fully saturated rings. The van der Waals surface area contributed by atoms with Crippen LogP contribution in [0.25, 0.3) is 10.9 Å². The lowest BCUT2D eigenvalue weighted by Gasteiger charge is -2.16. The summed E-state index contributed by atoms with van der Waals surface area (Å²) in [6, 6.07) is 13.8. The van der Waals surface area contributed by atoms with Crippen LogP contribution in [0, 0.1) is 0 Å². The number of halogens is 1. The monoisotopic (exact) mass is 446 g/mol. The van der Waals surface area contributed by atoms with Gasteiger partial charge in [-0.05, 0) is 30.3 Å². The first-order valence-corrected chi connectivity index (χ1v) is 9.69. The van der Waals surface area contributed by atoms with Gasteiger partial charge in [0.05, 0.1) is 18.7 Å². The number of rotatable bonds is 10. The lowest BCUT2D eigenvalue weighted by molar-refractivity contribution is 0.132. The van der Waals surface area contributed by atoms with E-state index in [1.54, 1.807) is 20.4 Å². The summed E-state index contributed by atoms with van der Waals surface area (Å²) in [5, 5.41) is 4.38. The van der Waals surface area contributed by atoms with Gasteiger partial charge >= 0.3 is 0 Å². The van der Waals surface area contributed by atoms with Crippen LogP contribution in [-0.2, 0) is 9.47 Å². The minimum Gasteiger partial charge on any atom is -0.487 e. The SMILES string of the molecule is COCCOc1cc2nccc(Nc3cccc(Br)c3)c2cc1OCCOC. The summed E-state index contributed by atoms with van der Waals surface area (Å²) in [6.07, 6.45) is 1.77. The van der Waals surface area contributed by atoms with Crippen molar-refractivity contribution >= 4 is 38.2 Å². The highest BCUT2D eigenvalue weighted by atomic mass is 79.9. The number of methoxy groups -OCH3 is 2. The Morgan fingerprint density at radius 3 is 2.29 bits per heavy atom. The molecule has 0 aliphatic rings. The number of hydrogen-bond donors (Lipinski definition) is 1. The van der Waals surface area contributed by atoms with Gasteiger partial charge in [-0.25, -0.2) is 0 Å². The fraction of sp³-hybridized carbons (Fsp3) is 0.286. The molecule has 1 heterocycles. The first-order chi connectivity index (χ1) is 13.7. The van der Waals surface area contributed by atoms with Crippen LogP contribution in [0.2, 0.25) is 0 Å². The summed E-state index contributed by atoms with van der Waals surface area (Å²) in [5.41, 5.74) is 2.72. The van der Waals surface area contributed by atoms with Gasteiger partial charge < -0.3 is 24.3 Å². The van der Waals surface area contributed by atoms with E-state index in [9.17, 15) is 0 Å². The minimum atomic E-state index is 0.428. The molecule has 0 spiro atoms. The van der Waals surface area contributed by atoms with E-state index in [4.69, 9.17) is 18.9 Å².